The van der Waals surface area contributed by atoms with Crippen molar-refractivity contribution in [1.82, 2.24) is 0 Å². The summed E-state index contributed by atoms with van der Waals surface area (Å²) in [5.74, 6) is 0.782. The van der Waals surface area contributed by atoms with Gasteiger partial charge in [0, 0.05) is 10.6 Å². The van der Waals surface area contributed by atoms with Crippen LogP contribution in [0, 0.1) is 5.92 Å². The maximum Gasteiger partial charge on any atom is 0.314 e. The van der Waals surface area contributed by atoms with Crippen molar-refractivity contribution in [3.8, 4) is 11.5 Å². The molecule has 0 radical (unpaired) electrons. The zero-order valence-corrected chi connectivity index (χ0v) is 18.8. The van der Waals surface area contributed by atoms with Gasteiger partial charge in [0.25, 0.3) is 0 Å². The van der Waals surface area contributed by atoms with Gasteiger partial charge in [0.05, 0.1) is 5.92 Å². The zero-order valence-electron chi connectivity index (χ0n) is 18.0. The van der Waals surface area contributed by atoms with Gasteiger partial charge in [-0.15, -0.1) is 0 Å². The lowest BCUT2D eigenvalue weighted by Gasteiger charge is -2.25. The van der Waals surface area contributed by atoms with Crippen LogP contribution < -0.4 is 4.74 Å². The Labute approximate surface area is 189 Å². The first-order valence-electron chi connectivity index (χ1n) is 10.3. The van der Waals surface area contributed by atoms with Crippen molar-refractivity contribution in [2.24, 2.45) is 5.92 Å². The largest absolute Gasteiger partial charge is 0.457 e. The molecule has 31 heavy (non-hydrogen) atoms. The monoisotopic (exact) mass is 434 g/mol. The summed E-state index contributed by atoms with van der Waals surface area (Å²) in [6.45, 7) is 9.92. The second-order valence-corrected chi connectivity index (χ2v) is 8.36. The minimum Gasteiger partial charge on any atom is -0.457 e. The van der Waals surface area contributed by atoms with E-state index in [1.165, 1.54) is 0 Å². The third kappa shape index (κ3) is 5.99. The van der Waals surface area contributed by atoms with Crippen molar-refractivity contribution in [3.63, 3.8) is 0 Å². The zero-order chi connectivity index (χ0) is 22.4. The van der Waals surface area contributed by atoms with E-state index < -0.39 is 12.0 Å². The summed E-state index contributed by atoms with van der Waals surface area (Å²) >= 11 is 6.01. The lowest BCUT2D eigenvalue weighted by atomic mass is 9.88. The Morgan fingerprint density at radius 2 is 1.52 bits per heavy atom. The Bertz CT molecular complexity index is 1030. The van der Waals surface area contributed by atoms with E-state index in [-0.39, 0.29) is 11.9 Å². The number of benzene rings is 3. The normalized spacial score (nSPS) is 12.8. The number of rotatable bonds is 8. The first-order chi connectivity index (χ1) is 14.8. The highest BCUT2D eigenvalue weighted by Crippen LogP contribution is 2.33. The smallest absolute Gasteiger partial charge is 0.314 e. The fourth-order valence-corrected chi connectivity index (χ4v) is 3.60. The molecule has 0 amide bonds. The van der Waals surface area contributed by atoms with Crippen molar-refractivity contribution in [3.05, 3.63) is 107 Å². The first kappa shape index (κ1) is 22.6. The van der Waals surface area contributed by atoms with Crippen LogP contribution in [-0.2, 0) is 9.53 Å². The third-order valence-corrected chi connectivity index (χ3v) is 5.22. The number of hydrogen-bond donors (Lipinski definition) is 0. The molecule has 0 aliphatic heterocycles. The van der Waals surface area contributed by atoms with Crippen molar-refractivity contribution < 1.29 is 14.3 Å². The SMILES string of the molecule is C=C(C)C(OC(=O)C(c1ccc(Cl)cc1)C(C)C)c1cccc(Oc2ccccc2)c1. The van der Waals surface area contributed by atoms with Gasteiger partial charge < -0.3 is 9.47 Å². The lowest BCUT2D eigenvalue weighted by Crippen LogP contribution is -2.23. The van der Waals surface area contributed by atoms with Gasteiger partial charge in [0.15, 0.2) is 0 Å². The van der Waals surface area contributed by atoms with E-state index in [9.17, 15) is 4.79 Å². The summed E-state index contributed by atoms with van der Waals surface area (Å²) in [4.78, 5) is 13.2. The Balaban J connectivity index is 1.83. The third-order valence-electron chi connectivity index (χ3n) is 4.97. The van der Waals surface area contributed by atoms with E-state index in [4.69, 9.17) is 21.1 Å². The van der Waals surface area contributed by atoms with Crippen LogP contribution in [0.15, 0.2) is 91.0 Å². The summed E-state index contributed by atoms with van der Waals surface area (Å²) in [6.07, 6.45) is -0.569. The van der Waals surface area contributed by atoms with E-state index >= 15 is 0 Å². The molecule has 2 atom stereocenters. The minimum atomic E-state index is -0.569. The van der Waals surface area contributed by atoms with Gasteiger partial charge >= 0.3 is 5.97 Å². The average Bonchev–Trinajstić information content (AvgIpc) is 2.74. The molecule has 0 heterocycles. The molecule has 3 aromatic carbocycles. The van der Waals surface area contributed by atoms with Crippen molar-refractivity contribution in [1.29, 1.82) is 0 Å². The second kappa shape index (κ2) is 10.3. The number of carbonyl (C=O) groups is 1. The van der Waals surface area contributed by atoms with Gasteiger partial charge in [-0.3, -0.25) is 4.79 Å². The highest BCUT2D eigenvalue weighted by Gasteiger charge is 2.29. The molecular formula is C27H27ClO3. The molecule has 0 spiro atoms. The summed E-state index contributed by atoms with van der Waals surface area (Å²) in [7, 11) is 0. The molecule has 160 valence electrons. The van der Waals surface area contributed by atoms with Crippen molar-refractivity contribution in [2.45, 2.75) is 32.8 Å². The van der Waals surface area contributed by atoms with Crippen molar-refractivity contribution in [2.75, 3.05) is 0 Å². The summed E-state index contributed by atoms with van der Waals surface area (Å²) in [5, 5.41) is 0.634. The Morgan fingerprint density at radius 3 is 2.13 bits per heavy atom. The standard InChI is InChI=1S/C27H27ClO3/c1-18(2)25(20-13-15-22(28)16-14-20)27(29)31-26(19(3)4)21-9-8-12-24(17-21)30-23-10-6-5-7-11-23/h5-18,25-26H,3H2,1-2,4H3. The van der Waals surface area contributed by atoms with E-state index in [2.05, 4.69) is 6.58 Å². The quantitative estimate of drug-likeness (QED) is 0.268. The van der Waals surface area contributed by atoms with E-state index in [1.807, 2.05) is 87.5 Å². The molecule has 2 unspecified atom stereocenters. The number of esters is 1. The van der Waals surface area contributed by atoms with Gasteiger partial charge in [-0.25, -0.2) is 0 Å². The van der Waals surface area contributed by atoms with Gasteiger partial charge in [-0.1, -0.05) is 74.5 Å². The van der Waals surface area contributed by atoms with Crippen LogP contribution in [0.5, 0.6) is 11.5 Å². The molecule has 0 aromatic heterocycles. The molecule has 3 rings (SSSR count). The Hall–Kier alpha value is -3.04. The first-order valence-corrected chi connectivity index (χ1v) is 10.7. The van der Waals surface area contributed by atoms with Crippen LogP contribution in [0.3, 0.4) is 0 Å². The van der Waals surface area contributed by atoms with Gasteiger partial charge in [-0.2, -0.15) is 0 Å². The van der Waals surface area contributed by atoms with Crippen LogP contribution in [0.2, 0.25) is 5.02 Å². The van der Waals surface area contributed by atoms with Crippen LogP contribution in [-0.4, -0.2) is 5.97 Å². The Morgan fingerprint density at radius 1 is 0.871 bits per heavy atom. The maximum absolute atomic E-state index is 13.2. The molecule has 0 saturated heterocycles. The number of carbonyl (C=O) groups excluding carboxylic acids is 1. The lowest BCUT2D eigenvalue weighted by molar-refractivity contribution is -0.150. The topological polar surface area (TPSA) is 35.5 Å². The molecule has 0 aliphatic carbocycles. The van der Waals surface area contributed by atoms with Crippen molar-refractivity contribution >= 4 is 17.6 Å². The molecule has 0 bridgehead atoms. The molecule has 4 heteroatoms. The Kier molecular flexibility index (Phi) is 7.54. The number of halogens is 1. The fraction of sp³-hybridized carbons (Fsp3) is 0.222. The number of para-hydroxylation sites is 1. The summed E-state index contributed by atoms with van der Waals surface area (Å²) < 4.78 is 11.9. The van der Waals surface area contributed by atoms with Crippen LogP contribution in [0.25, 0.3) is 0 Å². The van der Waals surface area contributed by atoms with Gasteiger partial charge in [0.1, 0.15) is 17.6 Å². The molecular weight excluding hydrogens is 408 g/mol. The molecule has 0 N–H and O–H groups in total. The molecule has 3 nitrogen and oxygen atoms in total. The van der Waals surface area contributed by atoms with Gasteiger partial charge in [0.2, 0.25) is 0 Å². The maximum atomic E-state index is 13.2. The highest BCUT2D eigenvalue weighted by atomic mass is 35.5. The fourth-order valence-electron chi connectivity index (χ4n) is 3.47. The van der Waals surface area contributed by atoms with E-state index in [0.717, 1.165) is 22.4 Å². The average molecular weight is 435 g/mol. The summed E-state index contributed by atoms with van der Waals surface area (Å²) in [6, 6.07) is 24.4. The molecule has 3 aromatic rings. The molecule has 0 aliphatic rings. The summed E-state index contributed by atoms with van der Waals surface area (Å²) in [5.41, 5.74) is 2.43. The number of hydrogen-bond acceptors (Lipinski definition) is 3. The predicted molar refractivity (Wildman–Crippen MR) is 126 cm³/mol. The predicted octanol–water partition coefficient (Wildman–Crippen LogP) is 7.73. The van der Waals surface area contributed by atoms with E-state index in [1.54, 1.807) is 12.1 Å². The minimum absolute atomic E-state index is 0.0622. The molecule has 0 fully saturated rings. The van der Waals surface area contributed by atoms with Crippen LogP contribution in [0.1, 0.15) is 43.9 Å². The van der Waals surface area contributed by atoms with Crippen LogP contribution in [0.4, 0.5) is 0 Å². The van der Waals surface area contributed by atoms with Gasteiger partial charge in [-0.05, 0) is 60.4 Å². The second-order valence-electron chi connectivity index (χ2n) is 7.92. The highest BCUT2D eigenvalue weighted by molar-refractivity contribution is 6.30. The van der Waals surface area contributed by atoms with Crippen LogP contribution >= 0.6 is 11.6 Å². The number of ether oxygens (including phenoxy) is 2. The van der Waals surface area contributed by atoms with E-state index in [0.29, 0.717) is 10.8 Å². The molecule has 0 saturated carbocycles.